The van der Waals surface area contributed by atoms with Crippen molar-refractivity contribution in [2.45, 2.75) is 38.3 Å². The molecular weight excluding hydrogens is 356 g/mol. The molecule has 4 unspecified atom stereocenters. The zero-order valence-corrected chi connectivity index (χ0v) is 16.6. The molecule has 0 N–H and O–H groups in total. The van der Waals surface area contributed by atoms with Crippen LogP contribution >= 0.6 is 0 Å². The van der Waals surface area contributed by atoms with Crippen LogP contribution in [0.4, 0.5) is 0 Å². The molecule has 8 heteroatoms. The van der Waals surface area contributed by atoms with Gasteiger partial charge in [-0.05, 0) is 0 Å². The predicted molar refractivity (Wildman–Crippen MR) is 96.0 cm³/mol. The SMILES string of the molecule is C(COCC1CO1)OCC1CO1.CC(C)(COCC1CO1)COCC1CO1. The van der Waals surface area contributed by atoms with Gasteiger partial charge in [0.25, 0.3) is 0 Å². The fourth-order valence-electron chi connectivity index (χ4n) is 2.18. The second kappa shape index (κ2) is 11.0. The van der Waals surface area contributed by atoms with Crippen molar-refractivity contribution in [3.63, 3.8) is 0 Å². The molecule has 0 aliphatic carbocycles. The second-order valence-corrected chi connectivity index (χ2v) is 8.17. The van der Waals surface area contributed by atoms with E-state index in [0.717, 1.165) is 52.9 Å². The van der Waals surface area contributed by atoms with E-state index in [0.29, 0.717) is 50.8 Å². The minimum Gasteiger partial charge on any atom is -0.378 e. The van der Waals surface area contributed by atoms with Gasteiger partial charge < -0.3 is 37.9 Å². The van der Waals surface area contributed by atoms with E-state index in [1.54, 1.807) is 0 Å². The first-order chi connectivity index (χ1) is 13.1. The summed E-state index contributed by atoms with van der Waals surface area (Å²) in [7, 11) is 0. The molecule has 4 saturated heterocycles. The summed E-state index contributed by atoms with van der Waals surface area (Å²) in [6.07, 6.45) is 1.41. The van der Waals surface area contributed by atoms with Gasteiger partial charge in [-0.2, -0.15) is 0 Å². The van der Waals surface area contributed by atoms with Crippen LogP contribution in [0.3, 0.4) is 0 Å². The number of rotatable bonds is 15. The third-order valence-corrected chi connectivity index (χ3v) is 4.18. The number of hydrogen-bond acceptors (Lipinski definition) is 8. The van der Waals surface area contributed by atoms with E-state index >= 15 is 0 Å². The van der Waals surface area contributed by atoms with Crippen LogP contribution < -0.4 is 0 Å². The van der Waals surface area contributed by atoms with E-state index < -0.39 is 0 Å². The van der Waals surface area contributed by atoms with E-state index in [1.807, 2.05) is 0 Å². The number of epoxide rings is 4. The van der Waals surface area contributed by atoms with Gasteiger partial charge >= 0.3 is 0 Å². The van der Waals surface area contributed by atoms with Crippen molar-refractivity contribution in [3.8, 4) is 0 Å². The Bertz CT molecular complexity index is 367. The van der Waals surface area contributed by atoms with Gasteiger partial charge in [-0.15, -0.1) is 0 Å². The lowest BCUT2D eigenvalue weighted by Crippen LogP contribution is -2.27. The van der Waals surface area contributed by atoms with Crippen LogP contribution in [0.5, 0.6) is 0 Å². The lowest BCUT2D eigenvalue weighted by molar-refractivity contribution is -0.0101. The van der Waals surface area contributed by atoms with E-state index in [4.69, 9.17) is 37.9 Å². The molecule has 27 heavy (non-hydrogen) atoms. The fraction of sp³-hybridized carbons (Fsp3) is 1.00. The minimum atomic E-state index is 0.0732. The predicted octanol–water partition coefficient (Wildman–Crippen LogP) is 0.661. The van der Waals surface area contributed by atoms with E-state index in [1.165, 1.54) is 0 Å². The van der Waals surface area contributed by atoms with Crippen molar-refractivity contribution < 1.29 is 37.9 Å². The lowest BCUT2D eigenvalue weighted by atomic mass is 9.96. The minimum absolute atomic E-state index is 0.0732. The Morgan fingerprint density at radius 2 is 0.889 bits per heavy atom. The normalized spacial score (nSPS) is 30.4. The molecule has 0 bridgehead atoms. The third kappa shape index (κ3) is 12.0. The lowest BCUT2D eigenvalue weighted by Gasteiger charge is -2.23. The highest BCUT2D eigenvalue weighted by Crippen LogP contribution is 2.19. The van der Waals surface area contributed by atoms with Crippen molar-refractivity contribution in [1.29, 1.82) is 0 Å². The Hall–Kier alpha value is -0.320. The maximum atomic E-state index is 5.56. The summed E-state index contributed by atoms with van der Waals surface area (Å²) in [5.41, 5.74) is 0.0732. The summed E-state index contributed by atoms with van der Waals surface area (Å²) in [6, 6.07) is 0. The summed E-state index contributed by atoms with van der Waals surface area (Å²) < 4.78 is 41.8. The molecule has 4 aliphatic rings. The monoisotopic (exact) mass is 390 g/mol. The van der Waals surface area contributed by atoms with E-state index in [9.17, 15) is 0 Å². The largest absolute Gasteiger partial charge is 0.378 e. The molecule has 0 aromatic carbocycles. The highest BCUT2D eigenvalue weighted by Gasteiger charge is 2.27. The summed E-state index contributed by atoms with van der Waals surface area (Å²) in [5, 5.41) is 0. The van der Waals surface area contributed by atoms with Crippen LogP contribution in [-0.4, -0.2) is 104 Å². The van der Waals surface area contributed by atoms with Gasteiger partial charge in [0.15, 0.2) is 0 Å². The zero-order chi connectivity index (χ0) is 19.0. The van der Waals surface area contributed by atoms with Gasteiger partial charge in [0.1, 0.15) is 24.4 Å². The molecule has 4 atom stereocenters. The first-order valence-electron chi connectivity index (χ1n) is 9.88. The zero-order valence-electron chi connectivity index (χ0n) is 16.6. The first kappa shape index (κ1) is 21.4. The molecule has 0 amide bonds. The van der Waals surface area contributed by atoms with Crippen LogP contribution in [0.2, 0.25) is 0 Å². The Kier molecular flexibility index (Phi) is 8.73. The molecule has 4 aliphatic heterocycles. The van der Waals surface area contributed by atoms with Crippen molar-refractivity contribution in [3.05, 3.63) is 0 Å². The van der Waals surface area contributed by atoms with E-state index in [-0.39, 0.29) is 5.41 Å². The second-order valence-electron chi connectivity index (χ2n) is 8.17. The van der Waals surface area contributed by atoms with Gasteiger partial charge in [0, 0.05) is 5.41 Å². The molecule has 8 nitrogen and oxygen atoms in total. The van der Waals surface area contributed by atoms with Gasteiger partial charge in [0.2, 0.25) is 0 Å². The van der Waals surface area contributed by atoms with Gasteiger partial charge in [0.05, 0.1) is 79.3 Å². The van der Waals surface area contributed by atoms with Crippen molar-refractivity contribution in [1.82, 2.24) is 0 Å². The van der Waals surface area contributed by atoms with Crippen molar-refractivity contribution in [2.24, 2.45) is 5.41 Å². The van der Waals surface area contributed by atoms with Crippen molar-refractivity contribution in [2.75, 3.05) is 79.3 Å². The standard InChI is InChI=1S/C11H20O4.C8H14O4/c1-11(2,7-12-3-9-5-14-9)8-13-4-10-6-15-10;1(9-3-7-5-11-7)2-10-4-8-6-12-8/h9-10H,3-8H2,1-2H3;7-8H,1-6H2. The molecule has 0 saturated carbocycles. The van der Waals surface area contributed by atoms with Gasteiger partial charge in [-0.3, -0.25) is 0 Å². The molecule has 0 spiro atoms. The maximum Gasteiger partial charge on any atom is 0.104 e. The van der Waals surface area contributed by atoms with Crippen LogP contribution in [0.15, 0.2) is 0 Å². The molecule has 4 rings (SSSR count). The van der Waals surface area contributed by atoms with Crippen LogP contribution in [0, 0.1) is 5.41 Å². The topological polar surface area (TPSA) is 87.0 Å². The first-order valence-corrected chi connectivity index (χ1v) is 9.88. The highest BCUT2D eigenvalue weighted by molar-refractivity contribution is 4.73. The molecule has 4 heterocycles. The summed E-state index contributed by atoms with van der Waals surface area (Å²) >= 11 is 0. The van der Waals surface area contributed by atoms with Crippen molar-refractivity contribution >= 4 is 0 Å². The van der Waals surface area contributed by atoms with Crippen LogP contribution in [0.1, 0.15) is 13.8 Å². The molecular formula is C19H34O8. The number of ether oxygens (including phenoxy) is 8. The molecule has 0 radical (unpaired) electrons. The average Bonchev–Trinajstić information content (AvgIpc) is 3.44. The molecule has 158 valence electrons. The summed E-state index contributed by atoms with van der Waals surface area (Å²) in [5.74, 6) is 0. The van der Waals surface area contributed by atoms with Crippen LogP contribution in [0.25, 0.3) is 0 Å². The molecule has 4 fully saturated rings. The van der Waals surface area contributed by atoms with Gasteiger partial charge in [-0.1, -0.05) is 13.8 Å². The Morgan fingerprint density at radius 3 is 1.19 bits per heavy atom. The van der Waals surface area contributed by atoms with E-state index in [2.05, 4.69) is 13.8 Å². The Balaban J connectivity index is 0.000000159. The third-order valence-electron chi connectivity index (χ3n) is 4.18. The average molecular weight is 390 g/mol. The van der Waals surface area contributed by atoms with Gasteiger partial charge in [-0.25, -0.2) is 0 Å². The quantitative estimate of drug-likeness (QED) is 0.298. The summed E-state index contributed by atoms with van der Waals surface area (Å²) in [4.78, 5) is 0. The molecule has 0 aromatic heterocycles. The van der Waals surface area contributed by atoms with Crippen LogP contribution in [-0.2, 0) is 37.9 Å². The number of hydrogen-bond donors (Lipinski definition) is 0. The Morgan fingerprint density at radius 1 is 0.593 bits per heavy atom. The molecule has 0 aromatic rings. The Labute approximate surface area is 161 Å². The fourth-order valence-corrected chi connectivity index (χ4v) is 2.18. The smallest absolute Gasteiger partial charge is 0.104 e. The summed E-state index contributed by atoms with van der Waals surface area (Å²) in [6.45, 7) is 13.3. The maximum absolute atomic E-state index is 5.56. The highest BCUT2D eigenvalue weighted by atomic mass is 16.6.